The number of benzene rings is 4. The standard InChI is InChI=1S/C26H21BrO2/c27-17-26(22-13-11-20(28)15-24(22)18-7-3-1-4-8-18)23-14-12-21(29)16-25(23)19-9-5-2-6-10-19/h1-16,26,28-29H,17H2. The number of halogens is 1. The van der Waals surface area contributed by atoms with Gasteiger partial charge in [0.2, 0.25) is 0 Å². The Morgan fingerprint density at radius 3 is 1.38 bits per heavy atom. The summed E-state index contributed by atoms with van der Waals surface area (Å²) in [5.41, 5.74) is 6.36. The Morgan fingerprint density at radius 2 is 1.00 bits per heavy atom. The van der Waals surface area contributed by atoms with Crippen molar-refractivity contribution in [3.63, 3.8) is 0 Å². The summed E-state index contributed by atoms with van der Waals surface area (Å²) >= 11 is 3.71. The van der Waals surface area contributed by atoms with E-state index in [1.807, 2.05) is 60.7 Å². The molecule has 0 heterocycles. The predicted octanol–water partition coefficient (Wildman–Crippen LogP) is 6.96. The average molecular weight is 445 g/mol. The first-order valence-electron chi connectivity index (χ1n) is 9.50. The summed E-state index contributed by atoms with van der Waals surface area (Å²) in [5, 5.41) is 21.0. The van der Waals surface area contributed by atoms with Crippen LogP contribution in [-0.4, -0.2) is 15.5 Å². The first-order valence-corrected chi connectivity index (χ1v) is 10.6. The van der Waals surface area contributed by atoms with E-state index in [2.05, 4.69) is 40.2 Å². The van der Waals surface area contributed by atoms with Gasteiger partial charge in [-0.25, -0.2) is 0 Å². The molecule has 0 aliphatic carbocycles. The van der Waals surface area contributed by atoms with E-state index >= 15 is 0 Å². The molecule has 2 nitrogen and oxygen atoms in total. The minimum atomic E-state index is 0.0432. The molecular formula is C26H21BrO2. The molecule has 0 aliphatic heterocycles. The van der Waals surface area contributed by atoms with E-state index < -0.39 is 0 Å². The van der Waals surface area contributed by atoms with E-state index in [0.29, 0.717) is 5.33 Å². The van der Waals surface area contributed by atoms with Gasteiger partial charge < -0.3 is 10.2 Å². The zero-order valence-electron chi connectivity index (χ0n) is 15.8. The van der Waals surface area contributed by atoms with Gasteiger partial charge in [-0.15, -0.1) is 0 Å². The number of phenols is 2. The zero-order chi connectivity index (χ0) is 20.2. The lowest BCUT2D eigenvalue weighted by atomic mass is 9.83. The van der Waals surface area contributed by atoms with Crippen LogP contribution in [0.5, 0.6) is 11.5 Å². The quantitative estimate of drug-likeness (QED) is 0.326. The number of rotatable bonds is 5. The Morgan fingerprint density at radius 1 is 0.586 bits per heavy atom. The summed E-state index contributed by atoms with van der Waals surface area (Å²) in [6.45, 7) is 0. The molecule has 0 spiro atoms. The molecule has 0 unspecified atom stereocenters. The van der Waals surface area contributed by atoms with Crippen LogP contribution >= 0.6 is 15.9 Å². The number of hydrogen-bond acceptors (Lipinski definition) is 2. The highest BCUT2D eigenvalue weighted by Crippen LogP contribution is 2.41. The lowest BCUT2D eigenvalue weighted by molar-refractivity contribution is 0.475. The van der Waals surface area contributed by atoms with Crippen molar-refractivity contribution in [1.82, 2.24) is 0 Å². The molecule has 4 rings (SSSR count). The fourth-order valence-corrected chi connectivity index (χ4v) is 4.46. The molecule has 0 aromatic heterocycles. The molecule has 2 N–H and O–H groups in total. The molecule has 144 valence electrons. The average Bonchev–Trinajstić information content (AvgIpc) is 2.77. The third-order valence-corrected chi connectivity index (χ3v) is 5.80. The van der Waals surface area contributed by atoms with Crippen LogP contribution in [-0.2, 0) is 0 Å². The first kappa shape index (κ1) is 19.3. The Bertz CT molecular complexity index is 1020. The molecule has 0 saturated carbocycles. The summed E-state index contributed by atoms with van der Waals surface area (Å²) in [6, 6.07) is 31.3. The lowest BCUT2D eigenvalue weighted by Gasteiger charge is -2.23. The van der Waals surface area contributed by atoms with Crippen molar-refractivity contribution in [1.29, 1.82) is 0 Å². The number of phenolic OH excluding ortho intramolecular Hbond substituents is 2. The van der Waals surface area contributed by atoms with Gasteiger partial charge in [-0.3, -0.25) is 0 Å². The molecule has 29 heavy (non-hydrogen) atoms. The molecular weight excluding hydrogens is 424 g/mol. The second kappa shape index (κ2) is 8.54. The maximum Gasteiger partial charge on any atom is 0.116 e. The van der Waals surface area contributed by atoms with E-state index in [1.165, 1.54) is 0 Å². The summed E-state index contributed by atoms with van der Waals surface area (Å²) in [7, 11) is 0. The van der Waals surface area contributed by atoms with E-state index in [-0.39, 0.29) is 17.4 Å². The van der Waals surface area contributed by atoms with Crippen molar-refractivity contribution in [2.75, 3.05) is 5.33 Å². The molecule has 0 saturated heterocycles. The first-order chi connectivity index (χ1) is 14.2. The van der Waals surface area contributed by atoms with Gasteiger partial charge in [-0.1, -0.05) is 88.7 Å². The molecule has 0 aliphatic rings. The van der Waals surface area contributed by atoms with Crippen LogP contribution < -0.4 is 0 Å². The van der Waals surface area contributed by atoms with Crippen molar-refractivity contribution in [2.24, 2.45) is 0 Å². The highest BCUT2D eigenvalue weighted by atomic mass is 79.9. The Kier molecular flexibility index (Phi) is 5.68. The van der Waals surface area contributed by atoms with Crippen LogP contribution in [0.25, 0.3) is 22.3 Å². The van der Waals surface area contributed by atoms with Crippen LogP contribution in [0, 0.1) is 0 Å². The normalized spacial score (nSPS) is 11.0. The van der Waals surface area contributed by atoms with Crippen molar-refractivity contribution in [3.8, 4) is 33.8 Å². The fourth-order valence-electron chi connectivity index (χ4n) is 3.77. The summed E-state index contributed by atoms with van der Waals surface area (Å²) < 4.78 is 0. The lowest BCUT2D eigenvalue weighted by Crippen LogP contribution is -2.06. The Balaban J connectivity index is 1.91. The minimum absolute atomic E-state index is 0.0432. The summed E-state index contributed by atoms with van der Waals surface area (Å²) in [6.07, 6.45) is 0. The van der Waals surface area contributed by atoms with Gasteiger partial charge in [0.25, 0.3) is 0 Å². The molecule has 0 bridgehead atoms. The van der Waals surface area contributed by atoms with Crippen LogP contribution in [0.15, 0.2) is 97.1 Å². The summed E-state index contributed by atoms with van der Waals surface area (Å²) in [4.78, 5) is 0. The smallest absolute Gasteiger partial charge is 0.116 e. The maximum atomic E-state index is 10.1. The third-order valence-electron chi connectivity index (χ3n) is 5.15. The molecule has 3 heteroatoms. The van der Waals surface area contributed by atoms with Crippen LogP contribution in [0.2, 0.25) is 0 Å². The highest BCUT2D eigenvalue weighted by molar-refractivity contribution is 9.09. The fraction of sp³-hybridized carbons (Fsp3) is 0.0769. The third kappa shape index (κ3) is 4.06. The Hall–Kier alpha value is -3.04. The van der Waals surface area contributed by atoms with Crippen molar-refractivity contribution < 1.29 is 10.2 Å². The van der Waals surface area contributed by atoms with Gasteiger partial charge in [0.15, 0.2) is 0 Å². The topological polar surface area (TPSA) is 40.5 Å². The van der Waals surface area contributed by atoms with Crippen LogP contribution in [0.4, 0.5) is 0 Å². The second-order valence-electron chi connectivity index (χ2n) is 6.98. The van der Waals surface area contributed by atoms with Gasteiger partial charge in [0.05, 0.1) is 0 Å². The van der Waals surface area contributed by atoms with Crippen LogP contribution in [0.1, 0.15) is 17.0 Å². The van der Waals surface area contributed by atoms with E-state index in [9.17, 15) is 10.2 Å². The van der Waals surface area contributed by atoms with Crippen molar-refractivity contribution in [2.45, 2.75) is 5.92 Å². The molecule has 0 amide bonds. The number of aromatic hydroxyl groups is 2. The number of alkyl halides is 1. The van der Waals surface area contributed by atoms with E-state index in [1.54, 1.807) is 12.1 Å². The van der Waals surface area contributed by atoms with E-state index in [0.717, 1.165) is 33.4 Å². The maximum absolute atomic E-state index is 10.1. The summed E-state index contributed by atoms with van der Waals surface area (Å²) in [5.74, 6) is 0.534. The van der Waals surface area contributed by atoms with Crippen molar-refractivity contribution in [3.05, 3.63) is 108 Å². The number of hydrogen-bond donors (Lipinski definition) is 2. The molecule has 0 atom stereocenters. The molecule has 0 radical (unpaired) electrons. The predicted molar refractivity (Wildman–Crippen MR) is 123 cm³/mol. The highest BCUT2D eigenvalue weighted by Gasteiger charge is 2.21. The van der Waals surface area contributed by atoms with E-state index in [4.69, 9.17) is 0 Å². The molecule has 0 fully saturated rings. The monoisotopic (exact) mass is 444 g/mol. The van der Waals surface area contributed by atoms with Crippen LogP contribution in [0.3, 0.4) is 0 Å². The van der Waals surface area contributed by atoms with Gasteiger partial charge >= 0.3 is 0 Å². The largest absolute Gasteiger partial charge is 0.508 e. The minimum Gasteiger partial charge on any atom is -0.508 e. The molecule has 4 aromatic rings. The second-order valence-corrected chi connectivity index (χ2v) is 7.63. The SMILES string of the molecule is Oc1ccc(C(CBr)c2ccc(O)cc2-c2ccccc2)c(-c2ccccc2)c1. The van der Waals surface area contributed by atoms with Gasteiger partial charge in [0.1, 0.15) is 11.5 Å². The zero-order valence-corrected chi connectivity index (χ0v) is 17.4. The Labute approximate surface area is 179 Å². The van der Waals surface area contributed by atoms with Gasteiger partial charge in [-0.05, 0) is 57.6 Å². The van der Waals surface area contributed by atoms with Crippen molar-refractivity contribution >= 4 is 15.9 Å². The van der Waals surface area contributed by atoms with Gasteiger partial charge in [0, 0.05) is 11.2 Å². The molecule has 4 aromatic carbocycles. The van der Waals surface area contributed by atoms with Gasteiger partial charge in [-0.2, -0.15) is 0 Å².